The summed E-state index contributed by atoms with van der Waals surface area (Å²) in [7, 11) is 0. The maximum Gasteiger partial charge on any atom is 0.286 e. The summed E-state index contributed by atoms with van der Waals surface area (Å²) in [5.74, 6) is 1.12. The first-order valence-corrected chi connectivity index (χ1v) is 4.74. The molecule has 1 aliphatic carbocycles. The molecule has 0 heterocycles. The van der Waals surface area contributed by atoms with E-state index < -0.39 is 0 Å². The lowest BCUT2D eigenvalue weighted by molar-refractivity contribution is 0.160. The second-order valence-corrected chi connectivity index (χ2v) is 3.65. The molecule has 0 aliphatic heterocycles. The zero-order chi connectivity index (χ0) is 9.52. The van der Waals surface area contributed by atoms with Crippen LogP contribution in [0.15, 0.2) is 0 Å². The van der Waals surface area contributed by atoms with Crippen molar-refractivity contribution >= 4 is 0 Å². The van der Waals surface area contributed by atoms with Gasteiger partial charge in [-0.05, 0) is 37.5 Å². The van der Waals surface area contributed by atoms with Crippen LogP contribution in [0.2, 0.25) is 0 Å². The van der Waals surface area contributed by atoms with E-state index in [1.165, 1.54) is 0 Å². The molecular weight excluding hydrogens is 164 g/mol. The van der Waals surface area contributed by atoms with Gasteiger partial charge in [-0.2, -0.15) is 10.5 Å². The van der Waals surface area contributed by atoms with E-state index in [1.807, 2.05) is 0 Å². The van der Waals surface area contributed by atoms with E-state index in [-0.39, 0.29) is 0 Å². The molecule has 0 unspecified atom stereocenters. The predicted molar refractivity (Wildman–Crippen MR) is 47.2 cm³/mol. The van der Waals surface area contributed by atoms with Crippen LogP contribution in [0.3, 0.4) is 0 Å². The summed E-state index contributed by atoms with van der Waals surface area (Å²) in [4.78, 5) is 0. The maximum atomic E-state index is 8.51. The van der Waals surface area contributed by atoms with E-state index in [2.05, 4.69) is 6.07 Å². The number of nitrogens with zero attached hydrogens (tertiary/aromatic N) is 2. The van der Waals surface area contributed by atoms with Crippen LogP contribution in [0.1, 0.15) is 32.1 Å². The van der Waals surface area contributed by atoms with Gasteiger partial charge in [0.05, 0.1) is 6.07 Å². The number of rotatable bonds is 3. The number of hydrogen-bond acceptors (Lipinski definition) is 3. The lowest BCUT2D eigenvalue weighted by atomic mass is 9.81. The van der Waals surface area contributed by atoms with Gasteiger partial charge in [-0.3, -0.25) is 0 Å². The van der Waals surface area contributed by atoms with Crippen LogP contribution >= 0.6 is 0 Å². The number of nitriles is 2. The van der Waals surface area contributed by atoms with E-state index in [9.17, 15) is 0 Å². The molecule has 0 amide bonds. The summed E-state index contributed by atoms with van der Waals surface area (Å²) in [5, 5.41) is 16.7. The maximum absolute atomic E-state index is 8.51. The van der Waals surface area contributed by atoms with Gasteiger partial charge in [0, 0.05) is 6.42 Å². The highest BCUT2D eigenvalue weighted by Crippen LogP contribution is 2.30. The zero-order valence-electron chi connectivity index (χ0n) is 7.70. The minimum atomic E-state index is 0.537. The molecule has 0 saturated heterocycles. The van der Waals surface area contributed by atoms with Crippen LogP contribution in [0.5, 0.6) is 0 Å². The summed E-state index contributed by atoms with van der Waals surface area (Å²) >= 11 is 0. The highest BCUT2D eigenvalue weighted by Gasteiger charge is 2.21. The van der Waals surface area contributed by atoms with E-state index in [0.29, 0.717) is 24.9 Å². The molecule has 0 bridgehead atoms. The minimum Gasteiger partial charge on any atom is -0.427 e. The van der Waals surface area contributed by atoms with Crippen LogP contribution in [0.4, 0.5) is 0 Å². The van der Waals surface area contributed by atoms with E-state index in [4.69, 9.17) is 15.3 Å². The third kappa shape index (κ3) is 3.34. The Morgan fingerprint density at radius 1 is 1.08 bits per heavy atom. The van der Waals surface area contributed by atoms with Crippen LogP contribution in [0, 0.1) is 34.7 Å². The second-order valence-electron chi connectivity index (χ2n) is 3.65. The van der Waals surface area contributed by atoms with Crippen LogP contribution in [-0.4, -0.2) is 6.61 Å². The summed E-state index contributed by atoms with van der Waals surface area (Å²) in [5.41, 5.74) is 0. The van der Waals surface area contributed by atoms with Crippen LogP contribution < -0.4 is 0 Å². The first-order chi connectivity index (χ1) is 6.36. The fourth-order valence-electron chi connectivity index (χ4n) is 1.89. The topological polar surface area (TPSA) is 56.8 Å². The van der Waals surface area contributed by atoms with Gasteiger partial charge in [-0.25, -0.2) is 0 Å². The molecule has 70 valence electrons. The fraction of sp³-hybridized carbons (Fsp3) is 0.800. The molecule has 0 atom stereocenters. The van der Waals surface area contributed by atoms with Gasteiger partial charge < -0.3 is 4.74 Å². The largest absolute Gasteiger partial charge is 0.427 e. The Hall–Kier alpha value is -1.22. The Morgan fingerprint density at radius 2 is 1.69 bits per heavy atom. The highest BCUT2D eigenvalue weighted by atomic mass is 16.5. The Labute approximate surface area is 78.9 Å². The van der Waals surface area contributed by atoms with Crippen molar-refractivity contribution in [1.82, 2.24) is 0 Å². The van der Waals surface area contributed by atoms with Crippen molar-refractivity contribution in [2.75, 3.05) is 6.61 Å². The molecule has 0 aromatic heterocycles. The molecule has 13 heavy (non-hydrogen) atoms. The molecule has 1 fully saturated rings. The van der Waals surface area contributed by atoms with Gasteiger partial charge in [0.15, 0.2) is 0 Å². The van der Waals surface area contributed by atoms with Crippen molar-refractivity contribution in [3.63, 3.8) is 0 Å². The van der Waals surface area contributed by atoms with Crippen molar-refractivity contribution < 1.29 is 4.74 Å². The smallest absolute Gasteiger partial charge is 0.286 e. The normalized spacial score (nSPS) is 27.2. The average Bonchev–Trinajstić information content (AvgIpc) is 2.17. The van der Waals surface area contributed by atoms with E-state index in [1.54, 1.807) is 6.26 Å². The van der Waals surface area contributed by atoms with Gasteiger partial charge in [0.1, 0.15) is 6.61 Å². The Balaban J connectivity index is 2.16. The van der Waals surface area contributed by atoms with Gasteiger partial charge in [0.25, 0.3) is 6.26 Å². The molecule has 1 rings (SSSR count). The monoisotopic (exact) mass is 178 g/mol. The van der Waals surface area contributed by atoms with Gasteiger partial charge in [-0.15, -0.1) is 0 Å². The fourth-order valence-corrected chi connectivity index (χ4v) is 1.89. The molecule has 1 aliphatic rings. The highest BCUT2D eigenvalue weighted by molar-refractivity contribution is 4.80. The van der Waals surface area contributed by atoms with Crippen molar-refractivity contribution in [3.8, 4) is 12.3 Å². The third-order valence-corrected chi connectivity index (χ3v) is 2.73. The first kappa shape index (κ1) is 9.86. The van der Waals surface area contributed by atoms with Crippen molar-refractivity contribution in [2.45, 2.75) is 32.1 Å². The molecule has 1 saturated carbocycles. The zero-order valence-corrected chi connectivity index (χ0v) is 7.70. The standard InChI is InChI=1S/C10H14N2O/c11-6-5-9-1-3-10(4-2-9)7-13-8-12/h9-10H,1-5,7H2. The summed E-state index contributed by atoms with van der Waals surface area (Å²) < 4.78 is 4.71. The van der Waals surface area contributed by atoms with E-state index in [0.717, 1.165) is 25.7 Å². The quantitative estimate of drug-likeness (QED) is 0.622. The molecule has 0 radical (unpaired) electrons. The Morgan fingerprint density at radius 3 is 2.23 bits per heavy atom. The lowest BCUT2D eigenvalue weighted by Crippen LogP contribution is -2.17. The van der Waals surface area contributed by atoms with Crippen LogP contribution in [0.25, 0.3) is 0 Å². The average molecular weight is 178 g/mol. The van der Waals surface area contributed by atoms with E-state index >= 15 is 0 Å². The predicted octanol–water partition coefficient (Wildman–Crippen LogP) is 2.20. The van der Waals surface area contributed by atoms with Gasteiger partial charge >= 0.3 is 0 Å². The van der Waals surface area contributed by atoms with Gasteiger partial charge in [-0.1, -0.05) is 0 Å². The summed E-state index contributed by atoms with van der Waals surface area (Å²) in [6.45, 7) is 0.565. The Kier molecular flexibility index (Phi) is 4.12. The molecule has 3 nitrogen and oxygen atoms in total. The molecule has 0 aromatic carbocycles. The third-order valence-electron chi connectivity index (χ3n) is 2.73. The summed E-state index contributed by atoms with van der Waals surface area (Å²) in [6.07, 6.45) is 6.83. The van der Waals surface area contributed by atoms with Crippen molar-refractivity contribution in [3.05, 3.63) is 0 Å². The van der Waals surface area contributed by atoms with Crippen molar-refractivity contribution in [1.29, 1.82) is 10.5 Å². The minimum absolute atomic E-state index is 0.537. The molecule has 0 N–H and O–H groups in total. The first-order valence-electron chi connectivity index (χ1n) is 4.74. The Bertz CT molecular complexity index is 218. The van der Waals surface area contributed by atoms with Crippen LogP contribution in [-0.2, 0) is 4.74 Å². The number of hydrogen-bond donors (Lipinski definition) is 0. The second kappa shape index (κ2) is 5.43. The van der Waals surface area contributed by atoms with Gasteiger partial charge in [0.2, 0.25) is 0 Å². The SMILES string of the molecule is N#CCC1CCC(COC#N)CC1. The number of ether oxygens (including phenoxy) is 1. The molecule has 0 spiro atoms. The molecular formula is C10H14N2O. The molecule has 3 heteroatoms. The van der Waals surface area contributed by atoms with Crippen molar-refractivity contribution in [2.24, 2.45) is 11.8 Å². The lowest BCUT2D eigenvalue weighted by Gasteiger charge is -2.25. The summed E-state index contributed by atoms with van der Waals surface area (Å²) in [6, 6.07) is 2.21. The molecule has 0 aromatic rings.